The summed E-state index contributed by atoms with van der Waals surface area (Å²) in [5.74, 6) is -1.86. The van der Waals surface area contributed by atoms with Gasteiger partial charge in [-0.05, 0) is 93.2 Å². The molecule has 52 heavy (non-hydrogen) atoms. The van der Waals surface area contributed by atoms with E-state index in [1.54, 1.807) is 6.92 Å². The van der Waals surface area contributed by atoms with E-state index < -0.39 is 60.2 Å². The molecule has 0 saturated carbocycles. The summed E-state index contributed by atoms with van der Waals surface area (Å²) in [6, 6.07) is 3.31. The van der Waals surface area contributed by atoms with Crippen LogP contribution in [0.4, 0.5) is 0 Å². The van der Waals surface area contributed by atoms with Crippen LogP contribution < -0.4 is 0 Å². The minimum atomic E-state index is -1.47. The molecule has 1 aromatic heterocycles. The van der Waals surface area contributed by atoms with Crippen LogP contribution in [0.15, 0.2) is 51.6 Å². The lowest BCUT2D eigenvalue weighted by molar-refractivity contribution is -0.164. The van der Waals surface area contributed by atoms with Gasteiger partial charge in [-0.25, -0.2) is 4.99 Å². The SMILES string of the molecule is C/C(CCCO)=C1/COC(CC(C)C)/C1=C\[C@@H]1N=C2O[C@H]1COC(=O)[C@@H](CC(C)C)CC(=O)O[C@H]1[C@@H](OC(=O)[C@]1(C)CO)/C(C)=C/Cc1ccc2[nH]1. The van der Waals surface area contributed by atoms with E-state index in [1.165, 1.54) is 6.92 Å². The number of cyclic esters (lactones) is 1. The summed E-state index contributed by atoms with van der Waals surface area (Å²) in [7, 11) is 0. The Morgan fingerprint density at radius 1 is 1.08 bits per heavy atom. The van der Waals surface area contributed by atoms with Crippen molar-refractivity contribution in [3.8, 4) is 0 Å². The van der Waals surface area contributed by atoms with Gasteiger partial charge in [0.2, 0.25) is 5.90 Å². The summed E-state index contributed by atoms with van der Waals surface area (Å²) >= 11 is 0. The molecule has 1 aromatic rings. The normalized spacial score (nSPS) is 32.8. The summed E-state index contributed by atoms with van der Waals surface area (Å²) in [6.45, 7) is 13.5. The van der Waals surface area contributed by atoms with Gasteiger partial charge in [0.05, 0.1) is 31.7 Å². The first kappa shape index (κ1) is 39.5. The number of ether oxygens (including phenoxy) is 5. The minimum absolute atomic E-state index is 0.0667. The van der Waals surface area contributed by atoms with Gasteiger partial charge in [0, 0.05) is 18.7 Å². The molecule has 5 heterocycles. The van der Waals surface area contributed by atoms with E-state index in [-0.39, 0.29) is 31.7 Å². The zero-order chi connectivity index (χ0) is 37.7. The summed E-state index contributed by atoms with van der Waals surface area (Å²) in [4.78, 5) is 48.6. The molecule has 0 spiro atoms. The van der Waals surface area contributed by atoms with Gasteiger partial charge in [0.25, 0.3) is 0 Å². The maximum Gasteiger partial charge on any atom is 0.318 e. The largest absolute Gasteiger partial charge is 0.467 e. The molecular formula is C40H56N2O10. The number of aliphatic hydroxyl groups excluding tert-OH is 2. The molecule has 7 atom stereocenters. The Labute approximate surface area is 306 Å². The van der Waals surface area contributed by atoms with Crippen LogP contribution in [0, 0.1) is 23.2 Å². The first-order valence-electron chi connectivity index (χ1n) is 18.6. The number of carbonyl (C=O) groups excluding carboxylic acids is 3. The highest BCUT2D eigenvalue weighted by molar-refractivity contribution is 5.94. The molecule has 286 valence electrons. The fourth-order valence-electron chi connectivity index (χ4n) is 7.32. The molecule has 0 radical (unpaired) electrons. The van der Waals surface area contributed by atoms with E-state index in [9.17, 15) is 24.6 Å². The number of fused-ring (bicyclic) bond motifs is 6. The van der Waals surface area contributed by atoms with Crippen molar-refractivity contribution in [2.75, 3.05) is 26.4 Å². The van der Waals surface area contributed by atoms with Crippen LogP contribution in [0.2, 0.25) is 0 Å². The van der Waals surface area contributed by atoms with Crippen LogP contribution >= 0.6 is 0 Å². The van der Waals surface area contributed by atoms with Gasteiger partial charge >= 0.3 is 17.9 Å². The first-order chi connectivity index (χ1) is 24.7. The van der Waals surface area contributed by atoms with Crippen molar-refractivity contribution in [3.63, 3.8) is 0 Å². The zero-order valence-corrected chi connectivity index (χ0v) is 31.6. The quantitative estimate of drug-likeness (QED) is 0.181. The van der Waals surface area contributed by atoms with Crippen molar-refractivity contribution in [1.29, 1.82) is 0 Å². The van der Waals surface area contributed by atoms with E-state index in [4.69, 9.17) is 28.7 Å². The van der Waals surface area contributed by atoms with Crippen molar-refractivity contribution < 1.29 is 48.3 Å². The topological polar surface area (TPSA) is 166 Å². The molecule has 0 aromatic carbocycles. The van der Waals surface area contributed by atoms with Crippen molar-refractivity contribution in [2.24, 2.45) is 28.2 Å². The number of nitrogens with one attached hydrogen (secondary N) is 1. The second-order valence-electron chi connectivity index (χ2n) is 15.7. The molecule has 5 rings (SSSR count). The van der Waals surface area contributed by atoms with Crippen LogP contribution in [0.1, 0.15) is 92.0 Å². The van der Waals surface area contributed by atoms with E-state index in [0.717, 1.165) is 35.3 Å². The maximum atomic E-state index is 13.7. The number of hydrogen-bond acceptors (Lipinski definition) is 11. The number of aromatic amines is 1. The molecule has 2 fully saturated rings. The number of nitrogens with zero attached hydrogens (tertiary/aromatic N) is 1. The van der Waals surface area contributed by atoms with Crippen LogP contribution in [0.25, 0.3) is 0 Å². The molecule has 4 aliphatic heterocycles. The fraction of sp³-hybridized carbons (Fsp3) is 0.650. The molecule has 3 N–H and O–H groups in total. The maximum absolute atomic E-state index is 13.7. The van der Waals surface area contributed by atoms with E-state index in [1.807, 2.05) is 32.1 Å². The van der Waals surface area contributed by atoms with Gasteiger partial charge in [0.1, 0.15) is 23.8 Å². The van der Waals surface area contributed by atoms with E-state index >= 15 is 0 Å². The molecule has 12 heteroatoms. The van der Waals surface area contributed by atoms with Crippen LogP contribution in [0.3, 0.4) is 0 Å². The lowest BCUT2D eigenvalue weighted by Gasteiger charge is -2.28. The van der Waals surface area contributed by atoms with Crippen molar-refractivity contribution in [2.45, 2.75) is 117 Å². The van der Waals surface area contributed by atoms with Crippen LogP contribution in [-0.2, 0) is 44.5 Å². The summed E-state index contributed by atoms with van der Waals surface area (Å²) < 4.78 is 30.3. The Morgan fingerprint density at radius 2 is 1.83 bits per heavy atom. The number of aromatic nitrogens is 1. The van der Waals surface area contributed by atoms with E-state index in [2.05, 4.69) is 31.8 Å². The fourth-order valence-corrected chi connectivity index (χ4v) is 7.32. The number of aliphatic hydroxyl groups is 2. The molecule has 1 unspecified atom stereocenters. The molecule has 12 nitrogen and oxygen atoms in total. The third kappa shape index (κ3) is 8.89. The van der Waals surface area contributed by atoms with Gasteiger partial charge in [-0.15, -0.1) is 0 Å². The van der Waals surface area contributed by atoms with E-state index in [0.29, 0.717) is 49.0 Å². The minimum Gasteiger partial charge on any atom is -0.467 e. The highest BCUT2D eigenvalue weighted by atomic mass is 16.6. The third-order valence-corrected chi connectivity index (χ3v) is 10.4. The monoisotopic (exact) mass is 724 g/mol. The summed E-state index contributed by atoms with van der Waals surface area (Å²) in [5.41, 5.74) is 4.02. The number of esters is 3. The molecule has 4 bridgehead atoms. The summed E-state index contributed by atoms with van der Waals surface area (Å²) in [5, 5.41) is 19.7. The second-order valence-corrected chi connectivity index (χ2v) is 15.7. The predicted octanol–water partition coefficient (Wildman–Crippen LogP) is 4.92. The lowest BCUT2D eigenvalue weighted by Crippen LogP contribution is -2.43. The molecular weight excluding hydrogens is 668 g/mol. The first-order valence-corrected chi connectivity index (χ1v) is 18.6. The van der Waals surface area contributed by atoms with Gasteiger partial charge in [-0.1, -0.05) is 39.3 Å². The number of carbonyl (C=O) groups is 3. The molecule has 2 saturated heterocycles. The predicted molar refractivity (Wildman–Crippen MR) is 193 cm³/mol. The van der Waals surface area contributed by atoms with Crippen LogP contribution in [0.5, 0.6) is 0 Å². The van der Waals surface area contributed by atoms with Gasteiger partial charge in [0.15, 0.2) is 18.3 Å². The molecule has 0 aliphatic carbocycles. The summed E-state index contributed by atoms with van der Waals surface area (Å²) in [6.07, 6.45) is 4.02. The van der Waals surface area contributed by atoms with Gasteiger partial charge in [-0.3, -0.25) is 14.4 Å². The highest BCUT2D eigenvalue weighted by Gasteiger charge is 2.57. The molecule has 4 aliphatic rings. The third-order valence-electron chi connectivity index (χ3n) is 10.4. The Hall–Kier alpha value is -3.74. The molecule has 0 amide bonds. The van der Waals surface area contributed by atoms with Crippen molar-refractivity contribution in [3.05, 3.63) is 58.0 Å². The smallest absolute Gasteiger partial charge is 0.318 e. The lowest BCUT2D eigenvalue weighted by atomic mass is 9.83. The highest BCUT2D eigenvalue weighted by Crippen LogP contribution is 2.40. The second kappa shape index (κ2) is 16.9. The number of hydrogen-bond donors (Lipinski definition) is 3. The Morgan fingerprint density at radius 3 is 2.52 bits per heavy atom. The van der Waals surface area contributed by atoms with Crippen molar-refractivity contribution in [1.82, 2.24) is 4.98 Å². The van der Waals surface area contributed by atoms with Gasteiger partial charge in [-0.2, -0.15) is 0 Å². The number of H-pyrrole nitrogens is 1. The Bertz CT molecular complexity index is 1600. The zero-order valence-electron chi connectivity index (χ0n) is 31.6. The standard InChI is InChI=1S/C40H56N2O10/c1-22(2)15-26-17-34(45)51-36-35(52-39(47)40(36,7)21-44)25(6)10-11-27-12-13-30(41-27)37-42-31(33(50-37)20-49-38(26)46)18-28-29(24(5)9-8-14-43)19-48-32(28)16-23(3)4/h10,12-13,18,22-23,26,31-33,35-36,41,43-44H,8-9,11,14-17,19-21H2,1-7H3/b25-10+,28-18-,29-24+/t26-,31-,32?,33-,35-,36-,40+/m0/s1. The average Bonchev–Trinajstić information content (AvgIpc) is 3.87. The number of allylic oxidation sites excluding steroid dienone is 2. The number of aliphatic imine (C=N–C) groups is 1. The van der Waals surface area contributed by atoms with Crippen molar-refractivity contribution >= 4 is 23.8 Å². The average molecular weight is 725 g/mol. The Kier molecular flexibility index (Phi) is 12.9. The number of rotatable bonds is 9. The van der Waals surface area contributed by atoms with Crippen LogP contribution in [-0.4, -0.2) is 95.9 Å². The Balaban J connectivity index is 1.53. The van der Waals surface area contributed by atoms with Gasteiger partial charge < -0.3 is 38.9 Å².